The van der Waals surface area contributed by atoms with Gasteiger partial charge in [0.25, 0.3) is 5.91 Å². The van der Waals surface area contributed by atoms with Crippen molar-refractivity contribution in [1.82, 2.24) is 15.3 Å². The lowest BCUT2D eigenvalue weighted by Crippen LogP contribution is -2.25. The van der Waals surface area contributed by atoms with Gasteiger partial charge in [0.15, 0.2) is 23.0 Å². The number of benzene rings is 1. The van der Waals surface area contributed by atoms with Crippen LogP contribution in [0.1, 0.15) is 47.7 Å². The molecule has 1 saturated carbocycles. The highest BCUT2D eigenvalue weighted by molar-refractivity contribution is 5.93. The summed E-state index contributed by atoms with van der Waals surface area (Å²) in [5.74, 6) is 0.338. The Hall–Kier alpha value is -2.95. The molecular formula is C23H26Cl2F2N4O4. The van der Waals surface area contributed by atoms with E-state index in [9.17, 15) is 13.6 Å². The molecular weight excluding hydrogens is 505 g/mol. The third-order valence-corrected chi connectivity index (χ3v) is 5.02. The molecule has 1 amide bonds. The molecule has 1 aliphatic rings. The lowest BCUT2D eigenvalue weighted by atomic mass is 10.2. The van der Waals surface area contributed by atoms with Gasteiger partial charge in [-0.15, -0.1) is 24.8 Å². The number of nitrogens with one attached hydrogen (secondary N) is 1. The smallest absolute Gasteiger partial charge is 0.387 e. The molecule has 0 bridgehead atoms. The average molecular weight is 531 g/mol. The molecule has 35 heavy (non-hydrogen) atoms. The summed E-state index contributed by atoms with van der Waals surface area (Å²) in [4.78, 5) is 21.3. The molecule has 1 aromatic carbocycles. The number of rotatable bonds is 10. The van der Waals surface area contributed by atoms with Crippen molar-refractivity contribution >= 4 is 30.7 Å². The van der Waals surface area contributed by atoms with Crippen molar-refractivity contribution in [3.8, 4) is 23.0 Å². The molecule has 0 radical (unpaired) electrons. The minimum Gasteiger partial charge on any atom is -0.489 e. The fourth-order valence-electron chi connectivity index (χ4n) is 3.12. The van der Waals surface area contributed by atoms with E-state index in [-0.39, 0.29) is 60.2 Å². The highest BCUT2D eigenvalue weighted by Crippen LogP contribution is 2.37. The summed E-state index contributed by atoms with van der Waals surface area (Å²) in [7, 11) is 0. The van der Waals surface area contributed by atoms with E-state index < -0.39 is 18.6 Å². The standard InChI is InChI=1S/C23H24F2N4O4.2ClH/c1-13(26)20-19(21(30)28-11-16-4-2-3-9-27-16)29-22(33-20)15-7-8-17(32-23(24)25)18(10-15)31-12-14-5-6-14;;/h2-4,7-10,13-14,23H,5-6,11-12,26H2,1H3,(H,28,30);2*1H/t13-;;/m0../s1. The normalized spacial score (nSPS) is 13.4. The van der Waals surface area contributed by atoms with Crippen LogP contribution in [0.3, 0.4) is 0 Å². The zero-order valence-corrected chi connectivity index (χ0v) is 20.4. The monoisotopic (exact) mass is 530 g/mol. The van der Waals surface area contributed by atoms with Gasteiger partial charge in [0, 0.05) is 11.8 Å². The van der Waals surface area contributed by atoms with Crippen molar-refractivity contribution in [2.24, 2.45) is 11.7 Å². The quantitative estimate of drug-likeness (QED) is 0.382. The number of nitrogens with two attached hydrogens (primary N) is 1. The number of pyridine rings is 1. The molecule has 3 N–H and O–H groups in total. The SMILES string of the molecule is C[C@H](N)c1oc(-c2ccc(OC(F)F)c(OCC3CC3)c2)nc1C(=O)NCc1ccccn1.Cl.Cl. The Balaban J connectivity index is 0.00000216. The van der Waals surface area contributed by atoms with Crippen LogP contribution in [-0.4, -0.2) is 29.1 Å². The van der Waals surface area contributed by atoms with E-state index in [1.807, 2.05) is 6.07 Å². The van der Waals surface area contributed by atoms with E-state index in [0.717, 1.165) is 12.8 Å². The van der Waals surface area contributed by atoms with Crippen molar-refractivity contribution in [2.45, 2.75) is 39.0 Å². The third-order valence-electron chi connectivity index (χ3n) is 5.02. The van der Waals surface area contributed by atoms with E-state index in [0.29, 0.717) is 23.8 Å². The predicted molar refractivity (Wildman–Crippen MR) is 129 cm³/mol. The molecule has 3 aromatic rings. The van der Waals surface area contributed by atoms with Crippen LogP contribution in [0.25, 0.3) is 11.5 Å². The second-order valence-corrected chi connectivity index (χ2v) is 7.82. The van der Waals surface area contributed by atoms with Gasteiger partial charge >= 0.3 is 6.61 Å². The molecule has 0 unspecified atom stereocenters. The van der Waals surface area contributed by atoms with Crippen LogP contribution in [0.2, 0.25) is 0 Å². The molecule has 1 atom stereocenters. The molecule has 4 rings (SSSR count). The number of carbonyl (C=O) groups is 1. The zero-order chi connectivity index (χ0) is 23.4. The van der Waals surface area contributed by atoms with Crippen molar-refractivity contribution in [3.63, 3.8) is 0 Å². The fraction of sp³-hybridized carbons (Fsp3) is 0.348. The molecule has 2 heterocycles. The first-order valence-electron chi connectivity index (χ1n) is 10.6. The number of halogens is 4. The fourth-order valence-corrected chi connectivity index (χ4v) is 3.12. The summed E-state index contributed by atoms with van der Waals surface area (Å²) in [6.45, 7) is -0.705. The number of hydrogen-bond acceptors (Lipinski definition) is 7. The van der Waals surface area contributed by atoms with Crippen molar-refractivity contribution in [2.75, 3.05) is 6.61 Å². The first kappa shape index (κ1) is 28.3. The number of hydrogen-bond donors (Lipinski definition) is 2. The van der Waals surface area contributed by atoms with Gasteiger partial charge in [0.2, 0.25) is 5.89 Å². The summed E-state index contributed by atoms with van der Waals surface area (Å²) < 4.78 is 41.7. The minimum atomic E-state index is -2.99. The number of alkyl halides is 2. The van der Waals surface area contributed by atoms with E-state index in [1.54, 1.807) is 25.3 Å². The summed E-state index contributed by atoms with van der Waals surface area (Å²) in [5, 5.41) is 2.75. The molecule has 2 aromatic heterocycles. The Morgan fingerprint density at radius 1 is 1.23 bits per heavy atom. The van der Waals surface area contributed by atoms with Gasteiger partial charge in [-0.3, -0.25) is 9.78 Å². The van der Waals surface area contributed by atoms with E-state index in [4.69, 9.17) is 14.9 Å². The Morgan fingerprint density at radius 2 is 2.00 bits per heavy atom. The predicted octanol–water partition coefficient (Wildman–Crippen LogP) is 4.92. The van der Waals surface area contributed by atoms with Crippen LogP contribution in [0.4, 0.5) is 8.78 Å². The Kier molecular flexibility index (Phi) is 10.2. The largest absolute Gasteiger partial charge is 0.489 e. The maximum absolute atomic E-state index is 12.8. The molecule has 12 heteroatoms. The van der Waals surface area contributed by atoms with Gasteiger partial charge in [-0.05, 0) is 56.0 Å². The summed E-state index contributed by atoms with van der Waals surface area (Å²) in [6.07, 6.45) is 3.71. The Labute approximate surface area is 213 Å². The van der Waals surface area contributed by atoms with E-state index in [2.05, 4.69) is 20.0 Å². The van der Waals surface area contributed by atoms with Gasteiger partial charge in [-0.25, -0.2) is 4.98 Å². The molecule has 190 valence electrons. The second-order valence-electron chi connectivity index (χ2n) is 7.82. The van der Waals surface area contributed by atoms with Gasteiger partial charge in [-0.2, -0.15) is 8.78 Å². The van der Waals surface area contributed by atoms with Crippen LogP contribution >= 0.6 is 24.8 Å². The topological polar surface area (TPSA) is 113 Å². The zero-order valence-electron chi connectivity index (χ0n) is 18.8. The number of aromatic nitrogens is 2. The second kappa shape index (κ2) is 12.7. The number of nitrogens with zero attached hydrogens (tertiary/aromatic N) is 2. The maximum atomic E-state index is 12.8. The van der Waals surface area contributed by atoms with Crippen LogP contribution in [0.5, 0.6) is 11.5 Å². The molecule has 0 aliphatic heterocycles. The Morgan fingerprint density at radius 3 is 2.63 bits per heavy atom. The lowest BCUT2D eigenvalue weighted by Gasteiger charge is -2.12. The highest BCUT2D eigenvalue weighted by Gasteiger charge is 2.26. The van der Waals surface area contributed by atoms with Crippen LogP contribution in [-0.2, 0) is 6.54 Å². The first-order chi connectivity index (χ1) is 15.9. The summed E-state index contributed by atoms with van der Waals surface area (Å²) >= 11 is 0. The van der Waals surface area contributed by atoms with E-state index >= 15 is 0 Å². The third kappa shape index (κ3) is 7.51. The molecule has 1 fully saturated rings. The van der Waals surface area contributed by atoms with Crippen LogP contribution in [0, 0.1) is 5.92 Å². The van der Waals surface area contributed by atoms with Crippen LogP contribution in [0.15, 0.2) is 47.0 Å². The van der Waals surface area contributed by atoms with Crippen molar-refractivity contribution < 1.29 is 27.5 Å². The van der Waals surface area contributed by atoms with Gasteiger partial charge < -0.3 is 24.9 Å². The number of ether oxygens (including phenoxy) is 2. The minimum absolute atomic E-state index is 0. The van der Waals surface area contributed by atoms with Crippen molar-refractivity contribution in [3.05, 3.63) is 59.7 Å². The first-order valence-corrected chi connectivity index (χ1v) is 10.6. The average Bonchev–Trinajstić information content (AvgIpc) is 3.52. The van der Waals surface area contributed by atoms with Crippen LogP contribution < -0.4 is 20.5 Å². The number of amides is 1. The lowest BCUT2D eigenvalue weighted by molar-refractivity contribution is -0.0515. The molecule has 0 spiro atoms. The molecule has 8 nitrogen and oxygen atoms in total. The van der Waals surface area contributed by atoms with Gasteiger partial charge in [0.1, 0.15) is 0 Å². The number of oxazole rings is 1. The Bertz CT molecular complexity index is 1110. The summed E-state index contributed by atoms with van der Waals surface area (Å²) in [6, 6.07) is 9.16. The molecule has 0 saturated heterocycles. The highest BCUT2D eigenvalue weighted by atomic mass is 35.5. The molecule has 1 aliphatic carbocycles. The van der Waals surface area contributed by atoms with Gasteiger partial charge in [-0.1, -0.05) is 6.07 Å². The van der Waals surface area contributed by atoms with Crippen molar-refractivity contribution in [1.29, 1.82) is 0 Å². The summed E-state index contributed by atoms with van der Waals surface area (Å²) in [5.41, 5.74) is 7.16. The van der Waals surface area contributed by atoms with E-state index in [1.165, 1.54) is 18.2 Å². The maximum Gasteiger partial charge on any atom is 0.387 e. The van der Waals surface area contributed by atoms with Gasteiger partial charge in [0.05, 0.1) is 24.9 Å². The number of carbonyl (C=O) groups excluding carboxylic acids is 1.